The third kappa shape index (κ3) is 5.01. The summed E-state index contributed by atoms with van der Waals surface area (Å²) in [5.41, 5.74) is 0. The second kappa shape index (κ2) is 7.70. The van der Waals surface area contributed by atoms with Crippen LogP contribution in [0.1, 0.15) is 46.5 Å². The molecule has 1 rings (SSSR count). The number of rotatable bonds is 4. The number of hydrogen-bond acceptors (Lipinski definition) is 2. The Balaban J connectivity index is 2.21. The number of nitrogens with zero attached hydrogens (tertiary/aromatic N) is 1. The fourth-order valence-corrected chi connectivity index (χ4v) is 2.30. The van der Waals surface area contributed by atoms with Crippen molar-refractivity contribution in [2.45, 2.75) is 58.5 Å². The summed E-state index contributed by atoms with van der Waals surface area (Å²) in [7, 11) is 0. The van der Waals surface area contributed by atoms with Gasteiger partial charge in [-0.3, -0.25) is 0 Å². The summed E-state index contributed by atoms with van der Waals surface area (Å²) in [6.45, 7) is 10.1. The molecule has 16 heavy (non-hydrogen) atoms. The molecule has 1 atom stereocenters. The van der Waals surface area contributed by atoms with E-state index >= 15 is 0 Å². The van der Waals surface area contributed by atoms with E-state index in [2.05, 4.69) is 35.9 Å². The molecule has 0 spiro atoms. The second-order valence-electron chi connectivity index (χ2n) is 4.89. The molecule has 1 aliphatic rings. The van der Waals surface area contributed by atoms with Crippen molar-refractivity contribution in [1.82, 2.24) is 10.2 Å². The Morgan fingerprint density at radius 1 is 1.31 bits per heavy atom. The molecule has 1 fully saturated rings. The highest BCUT2D eigenvalue weighted by atomic mass is 15.1. The maximum absolute atomic E-state index is 3.63. The Bertz CT molecular complexity index is 237. The van der Waals surface area contributed by atoms with Crippen LogP contribution in [0.2, 0.25) is 0 Å². The largest absolute Gasteiger partial charge is 0.313 e. The zero-order valence-corrected chi connectivity index (χ0v) is 11.1. The van der Waals surface area contributed by atoms with Crippen LogP contribution in [0, 0.1) is 11.8 Å². The molecule has 0 aliphatic carbocycles. The van der Waals surface area contributed by atoms with Crippen LogP contribution in [0.4, 0.5) is 0 Å². The molecule has 1 heterocycles. The number of nitrogens with one attached hydrogen (secondary N) is 1. The van der Waals surface area contributed by atoms with Gasteiger partial charge in [-0.15, -0.1) is 11.8 Å². The summed E-state index contributed by atoms with van der Waals surface area (Å²) in [6, 6.07) is 1.41. The van der Waals surface area contributed by atoms with Gasteiger partial charge in [0.2, 0.25) is 0 Å². The lowest BCUT2D eigenvalue weighted by molar-refractivity contribution is 0.229. The van der Waals surface area contributed by atoms with E-state index in [4.69, 9.17) is 0 Å². The molecule has 2 heteroatoms. The third-order valence-corrected chi connectivity index (χ3v) is 3.35. The predicted molar refractivity (Wildman–Crippen MR) is 70.4 cm³/mol. The highest BCUT2D eigenvalue weighted by molar-refractivity contribution is 4.95. The fraction of sp³-hybridized carbons (Fsp3) is 0.857. The van der Waals surface area contributed by atoms with Gasteiger partial charge < -0.3 is 10.2 Å². The van der Waals surface area contributed by atoms with Crippen molar-refractivity contribution in [3.8, 4) is 11.8 Å². The standard InChI is InChI=1S/C14H26N2/c1-4-5-6-10-15-14-8-7-11-16(12-9-14)13(2)3/h13-15H,6-12H2,1-3H3. The fourth-order valence-electron chi connectivity index (χ4n) is 2.30. The van der Waals surface area contributed by atoms with Crippen molar-refractivity contribution in [1.29, 1.82) is 0 Å². The molecular formula is C14H26N2. The quantitative estimate of drug-likeness (QED) is 0.580. The van der Waals surface area contributed by atoms with E-state index in [1.807, 2.05) is 6.92 Å². The first-order chi connectivity index (χ1) is 7.74. The van der Waals surface area contributed by atoms with Crippen molar-refractivity contribution in [2.75, 3.05) is 19.6 Å². The molecule has 1 aliphatic heterocycles. The highest BCUT2D eigenvalue weighted by Gasteiger charge is 2.17. The van der Waals surface area contributed by atoms with Crippen LogP contribution in [-0.2, 0) is 0 Å². The van der Waals surface area contributed by atoms with Crippen LogP contribution in [-0.4, -0.2) is 36.6 Å². The molecule has 0 amide bonds. The molecule has 0 aromatic carbocycles. The molecule has 1 N–H and O–H groups in total. The Morgan fingerprint density at radius 3 is 2.81 bits per heavy atom. The lowest BCUT2D eigenvalue weighted by Gasteiger charge is -2.24. The Labute approximate surface area is 101 Å². The van der Waals surface area contributed by atoms with Gasteiger partial charge in [0.25, 0.3) is 0 Å². The van der Waals surface area contributed by atoms with Gasteiger partial charge in [-0.2, -0.15) is 0 Å². The monoisotopic (exact) mass is 222 g/mol. The molecule has 0 bridgehead atoms. The van der Waals surface area contributed by atoms with Crippen LogP contribution in [0.5, 0.6) is 0 Å². The molecule has 0 radical (unpaired) electrons. The lowest BCUT2D eigenvalue weighted by Crippen LogP contribution is -2.34. The van der Waals surface area contributed by atoms with Gasteiger partial charge in [-0.25, -0.2) is 0 Å². The van der Waals surface area contributed by atoms with Crippen LogP contribution >= 0.6 is 0 Å². The van der Waals surface area contributed by atoms with Gasteiger partial charge in [0, 0.05) is 25.0 Å². The summed E-state index contributed by atoms with van der Waals surface area (Å²) in [6.07, 6.45) is 4.93. The van der Waals surface area contributed by atoms with E-state index in [0.717, 1.165) is 13.0 Å². The van der Waals surface area contributed by atoms with E-state index in [-0.39, 0.29) is 0 Å². The summed E-state index contributed by atoms with van der Waals surface area (Å²) >= 11 is 0. The zero-order valence-electron chi connectivity index (χ0n) is 11.1. The SMILES string of the molecule is CC#CCCNC1CCCN(C(C)C)CC1. The second-order valence-corrected chi connectivity index (χ2v) is 4.89. The van der Waals surface area contributed by atoms with Crippen molar-refractivity contribution in [3.05, 3.63) is 0 Å². The Kier molecular flexibility index (Phi) is 6.52. The maximum Gasteiger partial charge on any atom is 0.0214 e. The number of hydrogen-bond donors (Lipinski definition) is 1. The van der Waals surface area contributed by atoms with Crippen LogP contribution < -0.4 is 5.32 Å². The van der Waals surface area contributed by atoms with Gasteiger partial charge in [0.05, 0.1) is 0 Å². The van der Waals surface area contributed by atoms with Crippen LogP contribution in [0.15, 0.2) is 0 Å². The molecule has 2 nitrogen and oxygen atoms in total. The normalized spacial score (nSPS) is 22.6. The van der Waals surface area contributed by atoms with Gasteiger partial charge in [-0.1, -0.05) is 0 Å². The third-order valence-electron chi connectivity index (χ3n) is 3.35. The van der Waals surface area contributed by atoms with Crippen LogP contribution in [0.3, 0.4) is 0 Å². The average Bonchev–Trinajstić information content (AvgIpc) is 2.50. The van der Waals surface area contributed by atoms with Crippen molar-refractivity contribution >= 4 is 0 Å². The smallest absolute Gasteiger partial charge is 0.0214 e. The summed E-state index contributed by atoms with van der Waals surface area (Å²) in [4.78, 5) is 2.59. The van der Waals surface area contributed by atoms with E-state index in [9.17, 15) is 0 Å². The highest BCUT2D eigenvalue weighted by Crippen LogP contribution is 2.13. The first-order valence-corrected chi connectivity index (χ1v) is 6.61. The minimum absolute atomic E-state index is 0.699. The lowest BCUT2D eigenvalue weighted by atomic mass is 10.1. The molecule has 92 valence electrons. The van der Waals surface area contributed by atoms with Gasteiger partial charge in [0.1, 0.15) is 0 Å². The molecule has 0 saturated carbocycles. The van der Waals surface area contributed by atoms with Crippen molar-refractivity contribution in [2.24, 2.45) is 0 Å². The summed E-state index contributed by atoms with van der Waals surface area (Å²) < 4.78 is 0. The Hall–Kier alpha value is -0.520. The summed E-state index contributed by atoms with van der Waals surface area (Å²) in [5, 5.41) is 3.63. The van der Waals surface area contributed by atoms with Crippen molar-refractivity contribution < 1.29 is 0 Å². The molecule has 0 aromatic heterocycles. The van der Waals surface area contributed by atoms with E-state index in [0.29, 0.717) is 12.1 Å². The van der Waals surface area contributed by atoms with E-state index in [1.165, 1.54) is 32.4 Å². The summed E-state index contributed by atoms with van der Waals surface area (Å²) in [5.74, 6) is 6.05. The molecule has 1 saturated heterocycles. The molecule has 0 aromatic rings. The van der Waals surface area contributed by atoms with E-state index < -0.39 is 0 Å². The van der Waals surface area contributed by atoms with Crippen LogP contribution in [0.25, 0.3) is 0 Å². The topological polar surface area (TPSA) is 15.3 Å². The first kappa shape index (κ1) is 13.5. The van der Waals surface area contributed by atoms with Gasteiger partial charge in [0.15, 0.2) is 0 Å². The van der Waals surface area contributed by atoms with Gasteiger partial charge >= 0.3 is 0 Å². The predicted octanol–water partition coefficient (Wildman–Crippen LogP) is 2.25. The minimum atomic E-state index is 0.699. The first-order valence-electron chi connectivity index (χ1n) is 6.61. The minimum Gasteiger partial charge on any atom is -0.313 e. The number of likely N-dealkylation sites (tertiary alicyclic amines) is 1. The maximum atomic E-state index is 3.63. The van der Waals surface area contributed by atoms with E-state index in [1.54, 1.807) is 0 Å². The molecule has 1 unspecified atom stereocenters. The van der Waals surface area contributed by atoms with Gasteiger partial charge in [-0.05, 0) is 53.1 Å². The van der Waals surface area contributed by atoms with Crippen molar-refractivity contribution in [3.63, 3.8) is 0 Å². The Morgan fingerprint density at radius 2 is 2.12 bits per heavy atom. The average molecular weight is 222 g/mol. The molecular weight excluding hydrogens is 196 g/mol. The zero-order chi connectivity index (χ0) is 11.8.